The number of hydrogen-bond acceptors (Lipinski definition) is 4. The van der Waals surface area contributed by atoms with E-state index in [4.69, 9.17) is 0 Å². The van der Waals surface area contributed by atoms with Crippen LogP contribution >= 0.6 is 0 Å². The number of carbonyl (C=O) groups is 2. The van der Waals surface area contributed by atoms with Gasteiger partial charge in [-0.05, 0) is 50.5 Å². The summed E-state index contributed by atoms with van der Waals surface area (Å²) >= 11 is 0. The molecule has 1 aliphatic rings. The smallest absolute Gasteiger partial charge is 0.314 e. The maximum Gasteiger partial charge on any atom is 0.314 e. The minimum absolute atomic E-state index is 0.0314. The monoisotopic (exact) mass is 399 g/mol. The molecule has 1 aromatic heterocycles. The fraction of sp³-hybridized carbons (Fsp3) is 0.500. The zero-order chi connectivity index (χ0) is 21.2. The summed E-state index contributed by atoms with van der Waals surface area (Å²) in [4.78, 5) is 26.5. The number of carboxylic acids is 1. The van der Waals surface area contributed by atoms with Crippen LogP contribution in [0.4, 0.5) is 0 Å². The van der Waals surface area contributed by atoms with Crippen molar-refractivity contribution in [1.29, 1.82) is 0 Å². The second kappa shape index (κ2) is 8.37. The quantitative estimate of drug-likeness (QED) is 0.779. The van der Waals surface area contributed by atoms with Crippen LogP contribution in [0.25, 0.3) is 0 Å². The Morgan fingerprint density at radius 3 is 2.48 bits per heavy atom. The highest BCUT2D eigenvalue weighted by Crippen LogP contribution is 2.36. The zero-order valence-electron chi connectivity index (χ0n) is 17.3. The average molecular weight is 399 g/mol. The van der Waals surface area contributed by atoms with Crippen LogP contribution in [0.2, 0.25) is 0 Å². The van der Waals surface area contributed by atoms with Crippen molar-refractivity contribution in [2.75, 3.05) is 13.1 Å². The van der Waals surface area contributed by atoms with E-state index in [1.54, 1.807) is 17.0 Å². The predicted molar refractivity (Wildman–Crippen MR) is 109 cm³/mol. The highest BCUT2D eigenvalue weighted by Gasteiger charge is 2.49. The minimum atomic E-state index is -1.29. The largest absolute Gasteiger partial charge is 0.481 e. The molecule has 1 amide bonds. The van der Waals surface area contributed by atoms with Crippen molar-refractivity contribution in [3.05, 3.63) is 52.8 Å². The highest BCUT2D eigenvalue weighted by molar-refractivity contribution is 5.94. The van der Waals surface area contributed by atoms with E-state index in [0.717, 1.165) is 17.0 Å². The van der Waals surface area contributed by atoms with Crippen molar-refractivity contribution >= 4 is 11.9 Å². The summed E-state index contributed by atoms with van der Waals surface area (Å²) < 4.78 is 1.92. The molecule has 1 aromatic carbocycles. The van der Waals surface area contributed by atoms with Gasteiger partial charge < -0.3 is 15.1 Å². The molecule has 156 valence electrons. The number of aliphatic hydroxyl groups is 1. The third-order valence-corrected chi connectivity index (χ3v) is 5.83. The summed E-state index contributed by atoms with van der Waals surface area (Å²) in [5.74, 6) is -1.24. The second-order valence-electron chi connectivity index (χ2n) is 8.02. The van der Waals surface area contributed by atoms with E-state index in [2.05, 4.69) is 5.10 Å². The second-order valence-corrected chi connectivity index (χ2v) is 8.02. The Morgan fingerprint density at radius 1 is 1.24 bits per heavy atom. The molecule has 7 nitrogen and oxygen atoms in total. The van der Waals surface area contributed by atoms with Crippen LogP contribution in [0.15, 0.2) is 30.3 Å². The normalized spacial score (nSPS) is 21.9. The van der Waals surface area contributed by atoms with E-state index in [-0.39, 0.29) is 18.9 Å². The molecule has 0 bridgehead atoms. The summed E-state index contributed by atoms with van der Waals surface area (Å²) in [6.45, 7) is 6.86. The third kappa shape index (κ3) is 4.19. The van der Waals surface area contributed by atoms with Crippen LogP contribution in [-0.2, 0) is 11.3 Å². The van der Waals surface area contributed by atoms with E-state index < -0.39 is 17.5 Å². The third-order valence-electron chi connectivity index (χ3n) is 5.83. The zero-order valence-corrected chi connectivity index (χ0v) is 17.3. The Bertz CT molecular complexity index is 890. The Labute approximate surface area is 171 Å². The summed E-state index contributed by atoms with van der Waals surface area (Å²) in [6.07, 6.45) is 0.308. The van der Waals surface area contributed by atoms with Crippen LogP contribution in [0, 0.1) is 19.3 Å². The van der Waals surface area contributed by atoms with Gasteiger partial charge in [0.1, 0.15) is 5.41 Å². The fourth-order valence-corrected chi connectivity index (χ4v) is 4.20. The van der Waals surface area contributed by atoms with Crippen LogP contribution < -0.4 is 0 Å². The van der Waals surface area contributed by atoms with Crippen LogP contribution in [-0.4, -0.2) is 56.0 Å². The molecule has 0 unspecified atom stereocenters. The summed E-state index contributed by atoms with van der Waals surface area (Å²) in [5, 5.41) is 24.6. The van der Waals surface area contributed by atoms with Gasteiger partial charge in [-0.15, -0.1) is 0 Å². The van der Waals surface area contributed by atoms with Gasteiger partial charge in [0, 0.05) is 24.3 Å². The molecule has 7 heteroatoms. The van der Waals surface area contributed by atoms with Crippen molar-refractivity contribution in [1.82, 2.24) is 14.7 Å². The van der Waals surface area contributed by atoms with Crippen LogP contribution in [0.5, 0.6) is 0 Å². The molecule has 1 aliphatic heterocycles. The Kier molecular flexibility index (Phi) is 6.07. The van der Waals surface area contributed by atoms with Crippen LogP contribution in [0.3, 0.4) is 0 Å². The Morgan fingerprint density at radius 2 is 1.93 bits per heavy atom. The molecule has 0 spiro atoms. The first-order valence-corrected chi connectivity index (χ1v) is 10.1. The Balaban J connectivity index is 1.74. The van der Waals surface area contributed by atoms with Gasteiger partial charge in [0.2, 0.25) is 0 Å². The first-order chi connectivity index (χ1) is 13.8. The number of hydrogen-bond donors (Lipinski definition) is 2. The number of aliphatic hydroxyl groups excluding tert-OH is 1. The first kappa shape index (κ1) is 21.0. The van der Waals surface area contributed by atoms with Crippen LogP contribution in [0.1, 0.15) is 53.5 Å². The molecule has 3 rings (SSSR count). The maximum atomic E-state index is 13.0. The van der Waals surface area contributed by atoms with Gasteiger partial charge in [-0.3, -0.25) is 14.3 Å². The SMILES string of the molecule is CCC[C@@]1(C(=O)O)CN(C(=O)c2ccc(Cn3nc(C)cc3C)cc2)CC[C@H]1O. The minimum Gasteiger partial charge on any atom is -0.481 e. The number of aliphatic carboxylic acids is 1. The van der Waals surface area contributed by atoms with Gasteiger partial charge in [0.15, 0.2) is 0 Å². The number of rotatable bonds is 6. The lowest BCUT2D eigenvalue weighted by molar-refractivity contribution is -0.162. The topological polar surface area (TPSA) is 95.7 Å². The number of carboxylic acid groups (broad SMARTS) is 1. The van der Waals surface area contributed by atoms with Crippen molar-refractivity contribution in [3.63, 3.8) is 0 Å². The van der Waals surface area contributed by atoms with Crippen molar-refractivity contribution < 1.29 is 19.8 Å². The summed E-state index contributed by atoms with van der Waals surface area (Å²) in [6, 6.07) is 9.37. The van der Waals surface area contributed by atoms with Gasteiger partial charge in [-0.1, -0.05) is 25.5 Å². The molecule has 2 aromatic rings. The van der Waals surface area contributed by atoms with Crippen molar-refractivity contribution in [2.45, 2.75) is 52.7 Å². The lowest BCUT2D eigenvalue weighted by Crippen LogP contribution is -2.57. The van der Waals surface area contributed by atoms with Gasteiger partial charge in [0.05, 0.1) is 18.3 Å². The predicted octanol–water partition coefficient (Wildman–Crippen LogP) is 2.63. The van der Waals surface area contributed by atoms with E-state index in [9.17, 15) is 19.8 Å². The van der Waals surface area contributed by atoms with E-state index in [0.29, 0.717) is 31.5 Å². The van der Waals surface area contributed by atoms with E-state index in [1.807, 2.05) is 43.7 Å². The molecule has 29 heavy (non-hydrogen) atoms. The number of amides is 1. The van der Waals surface area contributed by atoms with Gasteiger partial charge in [-0.2, -0.15) is 5.10 Å². The molecule has 2 atom stereocenters. The van der Waals surface area contributed by atoms with Gasteiger partial charge in [-0.25, -0.2) is 0 Å². The maximum absolute atomic E-state index is 13.0. The number of likely N-dealkylation sites (tertiary alicyclic amines) is 1. The number of piperidine rings is 1. The number of benzene rings is 1. The first-order valence-electron chi connectivity index (χ1n) is 10.1. The molecule has 0 saturated carbocycles. The lowest BCUT2D eigenvalue weighted by Gasteiger charge is -2.43. The molecular formula is C22H29N3O4. The molecule has 2 heterocycles. The number of aromatic nitrogens is 2. The molecule has 2 N–H and O–H groups in total. The Hall–Kier alpha value is -2.67. The number of nitrogens with zero attached hydrogens (tertiary/aromatic N) is 3. The van der Waals surface area contributed by atoms with E-state index in [1.165, 1.54) is 0 Å². The summed E-state index contributed by atoms with van der Waals surface area (Å²) in [5.41, 5.74) is 2.31. The van der Waals surface area contributed by atoms with Crippen molar-refractivity contribution in [3.8, 4) is 0 Å². The molecule has 0 aliphatic carbocycles. The van der Waals surface area contributed by atoms with E-state index >= 15 is 0 Å². The lowest BCUT2D eigenvalue weighted by atomic mass is 9.74. The highest BCUT2D eigenvalue weighted by atomic mass is 16.4. The number of carbonyl (C=O) groups excluding carboxylic acids is 1. The molecule has 1 fully saturated rings. The standard InChI is InChI=1S/C22H29N3O4/c1-4-10-22(21(28)29)14-24(11-9-19(22)26)20(27)18-7-5-17(6-8-18)13-25-16(3)12-15(2)23-25/h5-8,12,19,26H,4,9-11,13-14H2,1-3H3,(H,28,29)/t19-,22-/m1/s1. The van der Waals surface area contributed by atoms with Gasteiger partial charge >= 0.3 is 5.97 Å². The average Bonchev–Trinajstić information content (AvgIpc) is 3.00. The fourth-order valence-electron chi connectivity index (χ4n) is 4.20. The summed E-state index contributed by atoms with van der Waals surface area (Å²) in [7, 11) is 0. The molecule has 0 radical (unpaired) electrons. The molecular weight excluding hydrogens is 370 g/mol. The molecule has 1 saturated heterocycles. The number of aryl methyl sites for hydroxylation is 2. The van der Waals surface area contributed by atoms with Gasteiger partial charge in [0.25, 0.3) is 5.91 Å². The van der Waals surface area contributed by atoms with Crippen molar-refractivity contribution in [2.24, 2.45) is 5.41 Å².